The van der Waals surface area contributed by atoms with Crippen molar-refractivity contribution in [3.63, 3.8) is 0 Å². The lowest BCUT2D eigenvalue weighted by Gasteiger charge is -2.12. The lowest BCUT2D eigenvalue weighted by Crippen LogP contribution is -2.26. The molecule has 3 rings (SSSR count). The van der Waals surface area contributed by atoms with Crippen LogP contribution >= 0.6 is 11.3 Å². The summed E-state index contributed by atoms with van der Waals surface area (Å²) in [7, 11) is 0. The van der Waals surface area contributed by atoms with Crippen LogP contribution in [0.15, 0.2) is 24.0 Å². The van der Waals surface area contributed by atoms with Crippen molar-refractivity contribution in [2.24, 2.45) is 0 Å². The van der Waals surface area contributed by atoms with Gasteiger partial charge >= 0.3 is 0 Å². The van der Waals surface area contributed by atoms with Crippen LogP contribution in [0.3, 0.4) is 0 Å². The minimum Gasteiger partial charge on any atom is -0.331 e. The van der Waals surface area contributed by atoms with Crippen molar-refractivity contribution in [1.82, 2.24) is 19.9 Å². The number of rotatable bonds is 6. The Hall–Kier alpha value is -1.46. The van der Waals surface area contributed by atoms with E-state index < -0.39 is 0 Å². The van der Waals surface area contributed by atoms with Gasteiger partial charge in [0.05, 0.1) is 28.9 Å². The fourth-order valence-corrected chi connectivity index (χ4v) is 3.54. The zero-order valence-electron chi connectivity index (χ0n) is 12.7. The molecule has 1 aliphatic rings. The third-order valence-electron chi connectivity index (χ3n) is 3.92. The van der Waals surface area contributed by atoms with Crippen LogP contribution in [0.4, 0.5) is 0 Å². The van der Waals surface area contributed by atoms with Crippen molar-refractivity contribution in [3.8, 4) is 0 Å². The maximum atomic E-state index is 4.53. The van der Waals surface area contributed by atoms with Crippen LogP contribution in [0, 0.1) is 6.92 Å². The van der Waals surface area contributed by atoms with Gasteiger partial charge in [-0.2, -0.15) is 0 Å². The molecule has 0 fully saturated rings. The molecule has 0 bridgehead atoms. The van der Waals surface area contributed by atoms with Crippen LogP contribution in [0.1, 0.15) is 36.2 Å². The van der Waals surface area contributed by atoms with Gasteiger partial charge in [-0.3, -0.25) is 0 Å². The van der Waals surface area contributed by atoms with Crippen LogP contribution in [-0.4, -0.2) is 27.1 Å². The first-order valence-electron chi connectivity index (χ1n) is 7.60. The molecule has 1 aliphatic carbocycles. The van der Waals surface area contributed by atoms with Gasteiger partial charge in [0.1, 0.15) is 0 Å². The Balaban J connectivity index is 1.64. The second kappa shape index (κ2) is 6.54. The van der Waals surface area contributed by atoms with E-state index in [1.165, 1.54) is 17.0 Å². The van der Waals surface area contributed by atoms with E-state index in [0.29, 0.717) is 6.04 Å². The van der Waals surface area contributed by atoms with E-state index in [1.54, 1.807) is 11.3 Å². The molecule has 4 nitrogen and oxygen atoms in total. The Morgan fingerprint density at radius 2 is 2.38 bits per heavy atom. The molecule has 0 saturated carbocycles. The Morgan fingerprint density at radius 3 is 3.14 bits per heavy atom. The van der Waals surface area contributed by atoms with Gasteiger partial charge < -0.3 is 9.88 Å². The highest BCUT2D eigenvalue weighted by molar-refractivity contribution is 7.09. The summed E-state index contributed by atoms with van der Waals surface area (Å²) in [6.07, 6.45) is 9.49. The first-order valence-corrected chi connectivity index (χ1v) is 8.48. The highest BCUT2D eigenvalue weighted by Gasteiger charge is 2.19. The van der Waals surface area contributed by atoms with Crippen LogP contribution in [0.2, 0.25) is 0 Å². The predicted molar refractivity (Wildman–Crippen MR) is 87.5 cm³/mol. The molecule has 5 heteroatoms. The number of imidazole rings is 1. The van der Waals surface area contributed by atoms with Crippen molar-refractivity contribution < 1.29 is 0 Å². The molecule has 0 saturated heterocycles. The van der Waals surface area contributed by atoms with Crippen LogP contribution in [0.5, 0.6) is 0 Å². The Morgan fingerprint density at radius 1 is 1.48 bits per heavy atom. The number of nitrogens with one attached hydrogen (secondary N) is 1. The Kier molecular flexibility index (Phi) is 4.51. The summed E-state index contributed by atoms with van der Waals surface area (Å²) in [4.78, 5) is 8.87. The van der Waals surface area contributed by atoms with Crippen LogP contribution in [0.25, 0.3) is 5.57 Å². The molecule has 112 valence electrons. The van der Waals surface area contributed by atoms with Crippen molar-refractivity contribution in [3.05, 3.63) is 40.4 Å². The molecule has 21 heavy (non-hydrogen) atoms. The average Bonchev–Trinajstić information content (AvgIpc) is 3.17. The standard InChI is InChI=1S/C16H22N4S/c1-3-18-14-5-4-13(8-14)16-9-17-11-20(16)7-6-15-10-21-12(2)19-15/h4,9-11,14,18H,3,5-8H2,1-2H3. The minimum absolute atomic E-state index is 0.592. The van der Waals surface area contributed by atoms with Crippen molar-refractivity contribution in [2.45, 2.75) is 45.7 Å². The molecular formula is C16H22N4S. The summed E-state index contributed by atoms with van der Waals surface area (Å²) in [5, 5.41) is 6.82. The van der Waals surface area contributed by atoms with Gasteiger partial charge in [0.15, 0.2) is 0 Å². The van der Waals surface area contributed by atoms with E-state index >= 15 is 0 Å². The summed E-state index contributed by atoms with van der Waals surface area (Å²) in [5.41, 5.74) is 3.87. The molecular weight excluding hydrogens is 280 g/mol. The van der Waals surface area contributed by atoms with E-state index in [1.807, 2.05) is 12.5 Å². The first kappa shape index (κ1) is 14.5. The number of hydrogen-bond donors (Lipinski definition) is 1. The van der Waals surface area contributed by atoms with Gasteiger partial charge in [-0.15, -0.1) is 11.3 Å². The second-order valence-corrected chi connectivity index (χ2v) is 6.57. The fourth-order valence-electron chi connectivity index (χ4n) is 2.89. The molecule has 0 aromatic carbocycles. The van der Waals surface area contributed by atoms with Crippen LogP contribution in [-0.2, 0) is 13.0 Å². The maximum absolute atomic E-state index is 4.53. The van der Waals surface area contributed by atoms with E-state index in [-0.39, 0.29) is 0 Å². The number of aromatic nitrogens is 3. The van der Waals surface area contributed by atoms with Gasteiger partial charge in [0, 0.05) is 24.4 Å². The smallest absolute Gasteiger partial charge is 0.0950 e. The monoisotopic (exact) mass is 302 g/mol. The van der Waals surface area contributed by atoms with E-state index in [9.17, 15) is 0 Å². The molecule has 0 spiro atoms. The summed E-state index contributed by atoms with van der Waals surface area (Å²) < 4.78 is 2.26. The fraction of sp³-hybridized carbons (Fsp3) is 0.500. The molecule has 0 radical (unpaired) electrons. The molecule has 1 atom stereocenters. The highest BCUT2D eigenvalue weighted by Crippen LogP contribution is 2.28. The average molecular weight is 302 g/mol. The largest absolute Gasteiger partial charge is 0.331 e. The molecule has 1 N–H and O–H groups in total. The predicted octanol–water partition coefficient (Wildman–Crippen LogP) is 3.05. The van der Waals surface area contributed by atoms with Crippen molar-refractivity contribution >= 4 is 16.9 Å². The van der Waals surface area contributed by atoms with E-state index in [2.05, 4.69) is 45.2 Å². The van der Waals surface area contributed by atoms with Gasteiger partial charge in [0.2, 0.25) is 0 Å². The highest BCUT2D eigenvalue weighted by atomic mass is 32.1. The van der Waals surface area contributed by atoms with Crippen LogP contribution < -0.4 is 5.32 Å². The SMILES string of the molecule is CCNC1CC=C(c2cncn2CCc2csc(C)n2)C1. The zero-order valence-corrected chi connectivity index (χ0v) is 13.5. The Labute approximate surface area is 129 Å². The van der Waals surface area contributed by atoms with Crippen molar-refractivity contribution in [2.75, 3.05) is 6.54 Å². The van der Waals surface area contributed by atoms with Gasteiger partial charge in [0.25, 0.3) is 0 Å². The Bertz CT molecular complexity index is 626. The first-order chi connectivity index (χ1) is 10.3. The molecule has 0 amide bonds. The third-order valence-corrected chi connectivity index (χ3v) is 4.75. The molecule has 2 aromatic heterocycles. The molecule has 1 unspecified atom stereocenters. The van der Waals surface area contributed by atoms with Gasteiger partial charge in [-0.25, -0.2) is 9.97 Å². The third kappa shape index (κ3) is 3.41. The minimum atomic E-state index is 0.592. The molecule has 2 heterocycles. The van der Waals surface area contributed by atoms with Gasteiger partial charge in [-0.05, 0) is 31.9 Å². The van der Waals surface area contributed by atoms with E-state index in [4.69, 9.17) is 0 Å². The summed E-state index contributed by atoms with van der Waals surface area (Å²) >= 11 is 1.72. The normalized spacial score (nSPS) is 18.2. The zero-order chi connectivity index (χ0) is 14.7. The number of hydrogen-bond acceptors (Lipinski definition) is 4. The second-order valence-electron chi connectivity index (χ2n) is 5.50. The summed E-state index contributed by atoms with van der Waals surface area (Å²) in [5.74, 6) is 0. The number of aryl methyl sites for hydroxylation is 3. The topological polar surface area (TPSA) is 42.7 Å². The molecule has 0 aliphatic heterocycles. The summed E-state index contributed by atoms with van der Waals surface area (Å²) in [6.45, 7) is 6.20. The lowest BCUT2D eigenvalue weighted by molar-refractivity contribution is 0.559. The summed E-state index contributed by atoms with van der Waals surface area (Å²) in [6, 6.07) is 0.592. The molecule has 2 aromatic rings. The number of nitrogens with zero attached hydrogens (tertiary/aromatic N) is 3. The quantitative estimate of drug-likeness (QED) is 0.892. The lowest BCUT2D eigenvalue weighted by atomic mass is 10.1. The van der Waals surface area contributed by atoms with Gasteiger partial charge in [-0.1, -0.05) is 13.0 Å². The van der Waals surface area contributed by atoms with Crippen molar-refractivity contribution in [1.29, 1.82) is 0 Å². The van der Waals surface area contributed by atoms with E-state index in [0.717, 1.165) is 37.4 Å². The number of thiazole rings is 1. The maximum Gasteiger partial charge on any atom is 0.0950 e.